The summed E-state index contributed by atoms with van der Waals surface area (Å²) in [6.07, 6.45) is 4.38. The van der Waals surface area contributed by atoms with Crippen LogP contribution in [-0.4, -0.2) is 42.7 Å². The van der Waals surface area contributed by atoms with Crippen LogP contribution in [0.4, 0.5) is 0 Å². The van der Waals surface area contributed by atoms with Crippen LogP contribution in [0.2, 0.25) is 10.0 Å². The maximum absolute atomic E-state index is 13.2. The summed E-state index contributed by atoms with van der Waals surface area (Å²) in [5.74, 6) is 0.227. The van der Waals surface area contributed by atoms with Crippen molar-refractivity contribution >= 4 is 39.1 Å². The smallest absolute Gasteiger partial charge is 0.244 e. The number of rotatable bonds is 6. The SMILES string of the molecule is CC1CCCCN1C(=O)CN(Cc1ccco1)S(=O)(=O)c1ccc(Cl)c(Cl)c1. The number of benzene rings is 1. The fourth-order valence-corrected chi connectivity index (χ4v) is 5.04. The maximum Gasteiger partial charge on any atom is 0.244 e. The summed E-state index contributed by atoms with van der Waals surface area (Å²) in [5.41, 5.74) is 0. The minimum absolute atomic E-state index is 0.0204. The molecule has 1 aromatic carbocycles. The first-order chi connectivity index (χ1) is 13.3. The lowest BCUT2D eigenvalue weighted by molar-refractivity contribution is -0.134. The molecule has 6 nitrogen and oxygen atoms in total. The Balaban J connectivity index is 1.89. The van der Waals surface area contributed by atoms with Gasteiger partial charge < -0.3 is 9.32 Å². The Kier molecular flexibility index (Phi) is 6.70. The highest BCUT2D eigenvalue weighted by Crippen LogP contribution is 2.27. The van der Waals surface area contributed by atoms with Gasteiger partial charge in [-0.1, -0.05) is 23.2 Å². The van der Waals surface area contributed by atoms with E-state index in [9.17, 15) is 13.2 Å². The molecule has 9 heteroatoms. The van der Waals surface area contributed by atoms with Crippen LogP contribution in [-0.2, 0) is 21.4 Å². The largest absolute Gasteiger partial charge is 0.468 e. The van der Waals surface area contributed by atoms with Crippen molar-refractivity contribution in [1.29, 1.82) is 0 Å². The van der Waals surface area contributed by atoms with Crippen LogP contribution in [0.3, 0.4) is 0 Å². The van der Waals surface area contributed by atoms with E-state index in [0.29, 0.717) is 12.3 Å². The molecular weight excluding hydrogens is 423 g/mol. The minimum Gasteiger partial charge on any atom is -0.468 e. The Morgan fingerprint density at radius 1 is 1.25 bits per heavy atom. The molecule has 1 saturated heterocycles. The number of likely N-dealkylation sites (tertiary alicyclic amines) is 1. The molecule has 1 amide bonds. The first-order valence-corrected chi connectivity index (χ1v) is 11.3. The molecule has 3 rings (SSSR count). The second-order valence-electron chi connectivity index (χ2n) is 6.86. The predicted octanol–water partition coefficient (Wildman–Crippen LogP) is 4.18. The lowest BCUT2D eigenvalue weighted by atomic mass is 10.0. The third kappa shape index (κ3) is 4.71. The summed E-state index contributed by atoms with van der Waals surface area (Å²) >= 11 is 11.9. The van der Waals surface area contributed by atoms with E-state index in [4.69, 9.17) is 27.6 Å². The summed E-state index contributed by atoms with van der Waals surface area (Å²) in [6.45, 7) is 2.31. The molecule has 1 unspecified atom stereocenters. The molecule has 28 heavy (non-hydrogen) atoms. The molecule has 2 heterocycles. The molecule has 152 valence electrons. The quantitative estimate of drug-likeness (QED) is 0.669. The molecule has 0 saturated carbocycles. The molecule has 1 fully saturated rings. The van der Waals surface area contributed by atoms with Gasteiger partial charge in [-0.25, -0.2) is 8.42 Å². The van der Waals surface area contributed by atoms with E-state index >= 15 is 0 Å². The molecule has 0 aliphatic carbocycles. The maximum atomic E-state index is 13.2. The molecule has 1 aliphatic rings. The number of piperidine rings is 1. The highest BCUT2D eigenvalue weighted by atomic mass is 35.5. The number of halogens is 2. The van der Waals surface area contributed by atoms with E-state index in [0.717, 1.165) is 23.6 Å². The normalized spacial score (nSPS) is 17.9. The predicted molar refractivity (Wildman–Crippen MR) is 108 cm³/mol. The van der Waals surface area contributed by atoms with Crippen LogP contribution >= 0.6 is 23.2 Å². The second-order valence-corrected chi connectivity index (χ2v) is 9.61. The molecule has 2 aromatic rings. The van der Waals surface area contributed by atoms with Gasteiger partial charge >= 0.3 is 0 Å². The molecule has 1 aromatic heterocycles. The van der Waals surface area contributed by atoms with Crippen molar-refractivity contribution in [3.05, 3.63) is 52.4 Å². The van der Waals surface area contributed by atoms with Crippen molar-refractivity contribution in [1.82, 2.24) is 9.21 Å². The zero-order valence-corrected chi connectivity index (χ0v) is 17.8. The number of carbonyl (C=O) groups excluding carboxylic acids is 1. The molecule has 1 atom stereocenters. The van der Waals surface area contributed by atoms with Crippen molar-refractivity contribution in [3.8, 4) is 0 Å². The fraction of sp³-hybridized carbons (Fsp3) is 0.421. The van der Waals surface area contributed by atoms with E-state index < -0.39 is 10.0 Å². The number of carbonyl (C=O) groups is 1. The van der Waals surface area contributed by atoms with Crippen LogP contribution in [0.15, 0.2) is 45.9 Å². The van der Waals surface area contributed by atoms with Gasteiger partial charge in [0.25, 0.3) is 0 Å². The summed E-state index contributed by atoms with van der Waals surface area (Å²) < 4.78 is 32.9. The topological polar surface area (TPSA) is 70.8 Å². The Morgan fingerprint density at radius 3 is 2.68 bits per heavy atom. The summed E-state index contributed by atoms with van der Waals surface area (Å²) in [6, 6.07) is 7.55. The standard InChI is InChI=1S/C19H22Cl2N2O4S/c1-14-5-2-3-9-23(14)19(24)13-22(12-15-6-4-10-27-15)28(25,26)16-7-8-17(20)18(21)11-16/h4,6-8,10-11,14H,2-3,5,9,12-13H2,1H3. The minimum atomic E-state index is -3.98. The highest BCUT2D eigenvalue weighted by Gasteiger charge is 2.31. The zero-order valence-electron chi connectivity index (χ0n) is 15.5. The Bertz CT molecular complexity index is 931. The van der Waals surface area contributed by atoms with E-state index in [2.05, 4.69) is 0 Å². The highest BCUT2D eigenvalue weighted by molar-refractivity contribution is 7.89. The zero-order chi connectivity index (χ0) is 20.3. The van der Waals surface area contributed by atoms with Crippen LogP contribution in [0.1, 0.15) is 31.9 Å². The summed E-state index contributed by atoms with van der Waals surface area (Å²) in [5, 5.41) is 0.396. The monoisotopic (exact) mass is 444 g/mol. The third-order valence-corrected chi connectivity index (χ3v) is 7.40. The lowest BCUT2D eigenvalue weighted by Crippen LogP contribution is -2.47. The summed E-state index contributed by atoms with van der Waals surface area (Å²) in [7, 11) is -3.98. The molecule has 0 N–H and O–H groups in total. The van der Waals surface area contributed by atoms with Gasteiger partial charge in [0.1, 0.15) is 5.76 Å². The van der Waals surface area contributed by atoms with Gasteiger partial charge in [-0.3, -0.25) is 4.79 Å². The second kappa shape index (κ2) is 8.86. The average Bonchev–Trinajstić information content (AvgIpc) is 3.16. The van der Waals surface area contributed by atoms with Crippen molar-refractivity contribution in [3.63, 3.8) is 0 Å². The lowest BCUT2D eigenvalue weighted by Gasteiger charge is -2.34. The number of nitrogens with zero attached hydrogens (tertiary/aromatic N) is 2. The number of sulfonamides is 1. The van der Waals surface area contributed by atoms with Gasteiger partial charge in [0, 0.05) is 12.6 Å². The van der Waals surface area contributed by atoms with Crippen LogP contribution in [0.5, 0.6) is 0 Å². The van der Waals surface area contributed by atoms with E-state index in [1.165, 1.54) is 24.5 Å². The Hall–Kier alpha value is -1.54. The van der Waals surface area contributed by atoms with Crippen molar-refractivity contribution < 1.29 is 17.6 Å². The number of hydrogen-bond donors (Lipinski definition) is 0. The summed E-state index contributed by atoms with van der Waals surface area (Å²) in [4.78, 5) is 14.6. The fourth-order valence-electron chi connectivity index (χ4n) is 3.30. The van der Waals surface area contributed by atoms with Crippen LogP contribution in [0, 0.1) is 0 Å². The first-order valence-electron chi connectivity index (χ1n) is 9.06. The third-order valence-electron chi connectivity index (χ3n) is 4.88. The number of amides is 1. The van der Waals surface area contributed by atoms with E-state index in [1.54, 1.807) is 17.0 Å². The molecule has 0 radical (unpaired) electrons. The molecular formula is C19H22Cl2N2O4S. The molecule has 0 spiro atoms. The van der Waals surface area contributed by atoms with Gasteiger partial charge in [0.15, 0.2) is 0 Å². The van der Waals surface area contributed by atoms with E-state index in [-0.39, 0.29) is 40.0 Å². The Labute approximate surface area is 175 Å². The van der Waals surface area contributed by atoms with Gasteiger partial charge in [-0.05, 0) is 56.5 Å². The van der Waals surface area contributed by atoms with E-state index in [1.807, 2.05) is 6.92 Å². The van der Waals surface area contributed by atoms with Crippen molar-refractivity contribution in [2.24, 2.45) is 0 Å². The first kappa shape index (κ1) is 21.2. The van der Waals surface area contributed by atoms with Crippen LogP contribution in [0.25, 0.3) is 0 Å². The van der Waals surface area contributed by atoms with Crippen LogP contribution < -0.4 is 0 Å². The van der Waals surface area contributed by atoms with Crippen molar-refractivity contribution in [2.75, 3.05) is 13.1 Å². The van der Waals surface area contributed by atoms with Gasteiger partial charge in [0.05, 0.1) is 34.3 Å². The van der Waals surface area contributed by atoms with Gasteiger partial charge in [-0.15, -0.1) is 0 Å². The number of hydrogen-bond acceptors (Lipinski definition) is 4. The molecule has 1 aliphatic heterocycles. The number of furan rings is 1. The van der Waals surface area contributed by atoms with Crippen molar-refractivity contribution in [2.45, 2.75) is 43.7 Å². The van der Waals surface area contributed by atoms with Gasteiger partial charge in [-0.2, -0.15) is 4.31 Å². The molecule has 0 bridgehead atoms. The van der Waals surface area contributed by atoms with Gasteiger partial charge in [0.2, 0.25) is 15.9 Å². The Morgan fingerprint density at radius 2 is 2.04 bits per heavy atom. The average molecular weight is 445 g/mol.